The van der Waals surface area contributed by atoms with Crippen molar-refractivity contribution in [3.05, 3.63) is 52.3 Å². The first-order valence-corrected chi connectivity index (χ1v) is 8.70. The maximum absolute atomic E-state index is 12.2. The van der Waals surface area contributed by atoms with Gasteiger partial charge in [-0.05, 0) is 43.9 Å². The molecular formula is C16H18N4O3S. The number of benzene rings is 1. The molecule has 8 heteroatoms. The van der Waals surface area contributed by atoms with Crippen LogP contribution in [0.1, 0.15) is 5.56 Å². The summed E-state index contributed by atoms with van der Waals surface area (Å²) in [7, 11) is 0.160. The number of likely N-dealkylation sites (N-methyl/N-ethyl adjacent to an activating group) is 1. The molecule has 0 unspecified atom stereocenters. The molecule has 1 aromatic carbocycles. The summed E-state index contributed by atoms with van der Waals surface area (Å²) in [5.74, 6) is 0. The summed E-state index contributed by atoms with van der Waals surface area (Å²) in [5.41, 5.74) is 0.729. The third kappa shape index (κ3) is 4.29. The van der Waals surface area contributed by atoms with Gasteiger partial charge in [-0.25, -0.2) is 13.1 Å². The number of pyridine rings is 1. The number of aromatic amines is 1. The molecule has 2 aromatic rings. The molecule has 0 spiro atoms. The molecule has 0 fully saturated rings. The molecule has 7 nitrogen and oxygen atoms in total. The molecule has 0 aliphatic carbocycles. The van der Waals surface area contributed by atoms with Crippen LogP contribution in [-0.2, 0) is 10.0 Å². The van der Waals surface area contributed by atoms with Gasteiger partial charge in [-0.1, -0.05) is 12.1 Å². The van der Waals surface area contributed by atoms with Crippen molar-refractivity contribution in [2.24, 2.45) is 0 Å². The zero-order valence-electron chi connectivity index (χ0n) is 13.4. The van der Waals surface area contributed by atoms with Crippen LogP contribution in [0.2, 0.25) is 0 Å². The summed E-state index contributed by atoms with van der Waals surface area (Å²) < 4.78 is 26.9. The molecule has 0 aliphatic rings. The minimum Gasteiger partial charge on any atom is -0.321 e. The summed E-state index contributed by atoms with van der Waals surface area (Å²) in [6, 6.07) is 11.0. The van der Waals surface area contributed by atoms with Crippen molar-refractivity contribution in [3.63, 3.8) is 0 Å². The fourth-order valence-electron chi connectivity index (χ4n) is 2.03. The van der Waals surface area contributed by atoms with E-state index in [1.807, 2.05) is 19.0 Å². The van der Waals surface area contributed by atoms with Gasteiger partial charge in [-0.3, -0.25) is 4.79 Å². The van der Waals surface area contributed by atoms with Crippen LogP contribution in [0.15, 0.2) is 46.1 Å². The molecule has 0 saturated heterocycles. The second-order valence-corrected chi connectivity index (χ2v) is 7.22. The van der Waals surface area contributed by atoms with E-state index in [2.05, 4.69) is 9.71 Å². The van der Waals surface area contributed by atoms with Gasteiger partial charge in [0.1, 0.15) is 11.6 Å². The summed E-state index contributed by atoms with van der Waals surface area (Å²) >= 11 is 0. The lowest BCUT2D eigenvalue weighted by molar-refractivity contribution is 0.412. The van der Waals surface area contributed by atoms with Crippen molar-refractivity contribution < 1.29 is 8.42 Å². The highest BCUT2D eigenvalue weighted by Gasteiger charge is 2.13. The molecule has 0 amide bonds. The number of aromatic nitrogens is 1. The van der Waals surface area contributed by atoms with Crippen LogP contribution < -0.4 is 10.3 Å². The Hall–Kier alpha value is -2.47. The van der Waals surface area contributed by atoms with Gasteiger partial charge in [-0.2, -0.15) is 5.26 Å². The van der Waals surface area contributed by atoms with E-state index in [4.69, 9.17) is 5.26 Å². The minimum atomic E-state index is -3.57. The predicted molar refractivity (Wildman–Crippen MR) is 91.0 cm³/mol. The van der Waals surface area contributed by atoms with E-state index in [0.29, 0.717) is 24.3 Å². The quantitative estimate of drug-likeness (QED) is 0.803. The third-order valence-electron chi connectivity index (χ3n) is 3.36. The fraction of sp³-hybridized carbons (Fsp3) is 0.250. The number of nitriles is 1. The highest BCUT2D eigenvalue weighted by Crippen LogP contribution is 2.18. The molecule has 1 heterocycles. The van der Waals surface area contributed by atoms with E-state index in [1.54, 1.807) is 24.3 Å². The average molecular weight is 346 g/mol. The standard InChI is InChI=1S/C16H18N4O3S/c1-20(2)10-9-18-24(22,23)14-6-3-12(4-7-14)15-8-5-13(11-17)16(21)19-15/h3-8,18H,9-10H2,1-2H3,(H,19,21). The van der Waals surface area contributed by atoms with Gasteiger partial charge < -0.3 is 9.88 Å². The molecule has 1 aromatic heterocycles. The number of rotatable bonds is 6. The summed E-state index contributed by atoms with van der Waals surface area (Å²) in [5, 5.41) is 8.76. The molecular weight excluding hydrogens is 328 g/mol. The normalized spacial score (nSPS) is 11.4. The van der Waals surface area contributed by atoms with E-state index in [9.17, 15) is 13.2 Å². The highest BCUT2D eigenvalue weighted by molar-refractivity contribution is 7.89. The van der Waals surface area contributed by atoms with E-state index in [-0.39, 0.29) is 10.5 Å². The Labute approximate surface area is 140 Å². The summed E-state index contributed by atoms with van der Waals surface area (Å²) in [6.07, 6.45) is 0. The van der Waals surface area contributed by atoms with Crippen molar-refractivity contribution in [1.29, 1.82) is 5.26 Å². The number of nitrogens with zero attached hydrogens (tertiary/aromatic N) is 2. The Kier molecular flexibility index (Phi) is 5.51. The number of nitrogens with one attached hydrogen (secondary N) is 2. The lowest BCUT2D eigenvalue weighted by Crippen LogP contribution is -2.31. The van der Waals surface area contributed by atoms with Crippen molar-refractivity contribution in [2.45, 2.75) is 4.90 Å². The zero-order valence-corrected chi connectivity index (χ0v) is 14.2. The molecule has 24 heavy (non-hydrogen) atoms. The van der Waals surface area contributed by atoms with E-state index >= 15 is 0 Å². The molecule has 2 rings (SSSR count). The Morgan fingerprint density at radius 3 is 2.38 bits per heavy atom. The first kappa shape index (κ1) is 17.9. The first-order chi connectivity index (χ1) is 11.3. The van der Waals surface area contributed by atoms with Crippen LogP contribution in [0, 0.1) is 11.3 Å². The smallest absolute Gasteiger partial charge is 0.266 e. The van der Waals surface area contributed by atoms with Crippen LogP contribution in [0.4, 0.5) is 0 Å². The van der Waals surface area contributed by atoms with Crippen LogP contribution in [0.25, 0.3) is 11.3 Å². The van der Waals surface area contributed by atoms with Gasteiger partial charge in [0.25, 0.3) is 5.56 Å². The highest BCUT2D eigenvalue weighted by atomic mass is 32.2. The van der Waals surface area contributed by atoms with Crippen molar-refractivity contribution >= 4 is 10.0 Å². The number of sulfonamides is 1. The van der Waals surface area contributed by atoms with E-state index in [0.717, 1.165) is 0 Å². The maximum Gasteiger partial charge on any atom is 0.266 e. The van der Waals surface area contributed by atoms with Gasteiger partial charge in [0.2, 0.25) is 10.0 Å². The first-order valence-electron chi connectivity index (χ1n) is 7.22. The van der Waals surface area contributed by atoms with Gasteiger partial charge in [0.15, 0.2) is 0 Å². The zero-order chi connectivity index (χ0) is 17.7. The Morgan fingerprint density at radius 2 is 1.83 bits per heavy atom. The molecule has 0 saturated carbocycles. The summed E-state index contributed by atoms with van der Waals surface area (Å²) in [6.45, 7) is 0.920. The maximum atomic E-state index is 12.2. The SMILES string of the molecule is CN(C)CCNS(=O)(=O)c1ccc(-c2ccc(C#N)c(=O)[nH]2)cc1. The van der Waals surface area contributed by atoms with Crippen LogP contribution in [0.3, 0.4) is 0 Å². The lowest BCUT2D eigenvalue weighted by Gasteiger charge is -2.11. The minimum absolute atomic E-state index is 0.0306. The molecule has 0 atom stereocenters. The van der Waals surface area contributed by atoms with Gasteiger partial charge >= 0.3 is 0 Å². The molecule has 2 N–H and O–H groups in total. The second kappa shape index (κ2) is 7.40. The van der Waals surface area contributed by atoms with Gasteiger partial charge in [0, 0.05) is 18.8 Å². The Morgan fingerprint density at radius 1 is 1.17 bits per heavy atom. The Balaban J connectivity index is 2.20. The van der Waals surface area contributed by atoms with Crippen LogP contribution >= 0.6 is 0 Å². The van der Waals surface area contributed by atoms with Gasteiger partial charge in [0.05, 0.1) is 4.90 Å². The van der Waals surface area contributed by atoms with Crippen LogP contribution in [0.5, 0.6) is 0 Å². The molecule has 0 radical (unpaired) electrons. The summed E-state index contributed by atoms with van der Waals surface area (Å²) in [4.78, 5) is 16.3. The van der Waals surface area contributed by atoms with E-state index < -0.39 is 15.6 Å². The predicted octanol–water partition coefficient (Wildman–Crippen LogP) is 0.753. The van der Waals surface area contributed by atoms with Crippen LogP contribution in [-0.4, -0.2) is 45.5 Å². The van der Waals surface area contributed by atoms with E-state index in [1.165, 1.54) is 18.2 Å². The molecule has 0 bridgehead atoms. The average Bonchev–Trinajstić information content (AvgIpc) is 2.54. The topological polar surface area (TPSA) is 106 Å². The van der Waals surface area contributed by atoms with Crippen molar-refractivity contribution in [2.75, 3.05) is 27.2 Å². The largest absolute Gasteiger partial charge is 0.321 e. The Bertz CT molecular complexity index is 910. The van der Waals surface area contributed by atoms with Crippen molar-refractivity contribution in [3.8, 4) is 17.3 Å². The number of hydrogen-bond acceptors (Lipinski definition) is 5. The fourth-order valence-corrected chi connectivity index (χ4v) is 3.05. The number of hydrogen-bond donors (Lipinski definition) is 2. The molecule has 126 valence electrons. The molecule has 0 aliphatic heterocycles. The lowest BCUT2D eigenvalue weighted by atomic mass is 10.1. The second-order valence-electron chi connectivity index (χ2n) is 5.45. The number of H-pyrrole nitrogens is 1. The third-order valence-corrected chi connectivity index (χ3v) is 4.83. The van der Waals surface area contributed by atoms with Crippen molar-refractivity contribution in [1.82, 2.24) is 14.6 Å². The monoisotopic (exact) mass is 346 g/mol. The van der Waals surface area contributed by atoms with Gasteiger partial charge in [-0.15, -0.1) is 0 Å².